The molecule has 16 heavy (non-hydrogen) atoms. The molecule has 0 amide bonds. The molecule has 1 aliphatic heterocycles. The van der Waals surface area contributed by atoms with Crippen LogP contribution in [0, 0.1) is 5.82 Å². The highest BCUT2D eigenvalue weighted by atomic mass is 19.1. The fourth-order valence-corrected chi connectivity index (χ4v) is 2.74. The maximum Gasteiger partial charge on any atom is 0.163 e. The Morgan fingerprint density at radius 3 is 2.81 bits per heavy atom. The van der Waals surface area contributed by atoms with E-state index in [4.69, 9.17) is 0 Å². The van der Waals surface area contributed by atoms with Crippen LogP contribution in [0.4, 0.5) is 4.39 Å². The van der Waals surface area contributed by atoms with Crippen molar-refractivity contribution in [2.75, 3.05) is 19.6 Å². The zero-order chi connectivity index (χ0) is 11.5. The summed E-state index contributed by atoms with van der Waals surface area (Å²) >= 11 is 0. The highest BCUT2D eigenvalue weighted by Crippen LogP contribution is 2.18. The van der Waals surface area contributed by atoms with E-state index in [1.54, 1.807) is 17.0 Å². The van der Waals surface area contributed by atoms with Crippen LogP contribution < -0.4 is 10.2 Å². The fourth-order valence-electron chi connectivity index (χ4n) is 2.74. The number of nitrogens with two attached hydrogens (primary N) is 1. The number of likely N-dealkylation sites (N-methyl/N-ethyl adjacent to an activating group) is 1. The van der Waals surface area contributed by atoms with Crippen LogP contribution in [0.25, 0.3) is 0 Å². The van der Waals surface area contributed by atoms with Crippen LogP contribution in [0.1, 0.15) is 31.0 Å². The van der Waals surface area contributed by atoms with Crippen molar-refractivity contribution in [3.8, 4) is 0 Å². The lowest BCUT2D eigenvalue weighted by molar-refractivity contribution is -0.945. The standard InChI is InChI=1S/C13H19FN2/c1-3-16(4-2)13-9-15-8-10-5-6-11(14)7-12(10)13/h5-7,13,15H,3-4,8-9H2,1-2H3/p+2/t13-/m0/s1. The Morgan fingerprint density at radius 2 is 2.12 bits per heavy atom. The van der Waals surface area contributed by atoms with Crippen LogP contribution in [-0.2, 0) is 6.54 Å². The normalized spacial score (nSPS) is 19.9. The number of fused-ring (bicyclic) bond motifs is 1. The van der Waals surface area contributed by atoms with E-state index in [0.29, 0.717) is 6.04 Å². The fraction of sp³-hybridized carbons (Fsp3) is 0.538. The topological polar surface area (TPSA) is 21.1 Å². The highest BCUT2D eigenvalue weighted by molar-refractivity contribution is 5.30. The molecule has 1 atom stereocenters. The second-order valence-electron chi connectivity index (χ2n) is 4.49. The van der Waals surface area contributed by atoms with Gasteiger partial charge < -0.3 is 10.2 Å². The van der Waals surface area contributed by atoms with E-state index in [1.807, 2.05) is 6.07 Å². The molecule has 0 saturated carbocycles. The number of nitrogens with one attached hydrogen (secondary N) is 1. The molecule has 0 spiro atoms. The third-order valence-electron chi connectivity index (χ3n) is 3.65. The third-order valence-corrected chi connectivity index (χ3v) is 3.65. The molecule has 0 radical (unpaired) electrons. The van der Waals surface area contributed by atoms with Gasteiger partial charge in [0.15, 0.2) is 6.04 Å². The molecular formula is C13H21FN2+2. The molecule has 0 bridgehead atoms. The molecule has 0 aromatic heterocycles. The number of halogens is 1. The monoisotopic (exact) mass is 224 g/mol. The van der Waals surface area contributed by atoms with E-state index < -0.39 is 0 Å². The van der Waals surface area contributed by atoms with E-state index in [1.165, 1.54) is 11.1 Å². The van der Waals surface area contributed by atoms with Crippen LogP contribution >= 0.6 is 0 Å². The summed E-state index contributed by atoms with van der Waals surface area (Å²) in [4.78, 5) is 1.54. The molecular weight excluding hydrogens is 203 g/mol. The lowest BCUT2D eigenvalue weighted by Gasteiger charge is -2.30. The number of quaternary nitrogens is 2. The Labute approximate surface area is 96.5 Å². The van der Waals surface area contributed by atoms with Gasteiger partial charge in [-0.1, -0.05) is 0 Å². The SMILES string of the molecule is CC[NH+](CC)[C@H]1C[NH2+]Cc2ccc(F)cc21. The van der Waals surface area contributed by atoms with Gasteiger partial charge in [0.25, 0.3) is 0 Å². The summed E-state index contributed by atoms with van der Waals surface area (Å²) in [5.41, 5.74) is 2.53. The average Bonchev–Trinajstić information content (AvgIpc) is 2.31. The molecule has 0 aliphatic carbocycles. The van der Waals surface area contributed by atoms with Gasteiger partial charge in [-0.15, -0.1) is 0 Å². The third kappa shape index (κ3) is 2.11. The first-order valence-corrected chi connectivity index (χ1v) is 6.20. The van der Waals surface area contributed by atoms with Crippen molar-refractivity contribution >= 4 is 0 Å². The maximum absolute atomic E-state index is 13.3. The van der Waals surface area contributed by atoms with Crippen molar-refractivity contribution in [1.29, 1.82) is 0 Å². The van der Waals surface area contributed by atoms with Gasteiger partial charge in [0, 0.05) is 11.1 Å². The Morgan fingerprint density at radius 1 is 1.38 bits per heavy atom. The lowest BCUT2D eigenvalue weighted by Crippen LogP contribution is -3.14. The zero-order valence-corrected chi connectivity index (χ0v) is 10.1. The highest BCUT2D eigenvalue weighted by Gasteiger charge is 2.30. The van der Waals surface area contributed by atoms with Crippen LogP contribution in [0.15, 0.2) is 18.2 Å². The summed E-state index contributed by atoms with van der Waals surface area (Å²) in [6.07, 6.45) is 0. The van der Waals surface area contributed by atoms with Gasteiger partial charge in [0.05, 0.1) is 13.1 Å². The Kier molecular flexibility index (Phi) is 3.56. The van der Waals surface area contributed by atoms with E-state index in [-0.39, 0.29) is 5.82 Å². The maximum atomic E-state index is 13.3. The van der Waals surface area contributed by atoms with Crippen LogP contribution in [0.5, 0.6) is 0 Å². The Balaban J connectivity index is 2.34. The minimum absolute atomic E-state index is 0.0998. The Bertz CT molecular complexity index is 361. The van der Waals surface area contributed by atoms with E-state index in [9.17, 15) is 4.39 Å². The zero-order valence-electron chi connectivity index (χ0n) is 10.1. The van der Waals surface area contributed by atoms with Crippen molar-refractivity contribution in [2.24, 2.45) is 0 Å². The predicted octanol–water partition coefficient (Wildman–Crippen LogP) is -0.131. The molecule has 1 aliphatic rings. The van der Waals surface area contributed by atoms with Crippen molar-refractivity contribution in [2.45, 2.75) is 26.4 Å². The van der Waals surface area contributed by atoms with Gasteiger partial charge in [-0.25, -0.2) is 4.39 Å². The number of benzene rings is 1. The molecule has 1 aromatic rings. The number of hydrogen-bond acceptors (Lipinski definition) is 0. The molecule has 0 saturated heterocycles. The molecule has 1 heterocycles. The summed E-state index contributed by atoms with van der Waals surface area (Å²) in [5.74, 6) is -0.0998. The van der Waals surface area contributed by atoms with Gasteiger partial charge >= 0.3 is 0 Å². The molecule has 3 heteroatoms. The summed E-state index contributed by atoms with van der Waals surface area (Å²) < 4.78 is 13.3. The quantitative estimate of drug-likeness (QED) is 0.714. The van der Waals surface area contributed by atoms with E-state index in [2.05, 4.69) is 19.2 Å². The summed E-state index contributed by atoms with van der Waals surface area (Å²) in [5, 5.41) is 2.33. The second kappa shape index (κ2) is 4.93. The van der Waals surface area contributed by atoms with Crippen molar-refractivity contribution < 1.29 is 14.6 Å². The van der Waals surface area contributed by atoms with E-state index in [0.717, 1.165) is 26.2 Å². The molecule has 0 fully saturated rings. The van der Waals surface area contributed by atoms with E-state index >= 15 is 0 Å². The number of hydrogen-bond donors (Lipinski definition) is 2. The van der Waals surface area contributed by atoms with Crippen molar-refractivity contribution in [3.63, 3.8) is 0 Å². The van der Waals surface area contributed by atoms with Gasteiger partial charge in [-0.2, -0.15) is 0 Å². The van der Waals surface area contributed by atoms with Gasteiger partial charge in [-0.3, -0.25) is 0 Å². The molecule has 2 rings (SSSR count). The van der Waals surface area contributed by atoms with Crippen molar-refractivity contribution in [1.82, 2.24) is 0 Å². The predicted molar refractivity (Wildman–Crippen MR) is 61.7 cm³/mol. The molecule has 1 aromatic carbocycles. The largest absolute Gasteiger partial charge is 0.337 e. The molecule has 2 nitrogen and oxygen atoms in total. The first-order valence-electron chi connectivity index (χ1n) is 6.20. The summed E-state index contributed by atoms with van der Waals surface area (Å²) in [6.45, 7) is 8.68. The average molecular weight is 224 g/mol. The Hall–Kier alpha value is -0.930. The molecule has 3 N–H and O–H groups in total. The lowest BCUT2D eigenvalue weighted by atomic mass is 9.95. The first-order chi connectivity index (χ1) is 7.76. The molecule has 88 valence electrons. The van der Waals surface area contributed by atoms with Gasteiger partial charge in [0.1, 0.15) is 18.9 Å². The summed E-state index contributed by atoms with van der Waals surface area (Å²) in [7, 11) is 0. The minimum atomic E-state index is -0.0998. The minimum Gasteiger partial charge on any atom is -0.337 e. The summed E-state index contributed by atoms with van der Waals surface area (Å²) in [6, 6.07) is 5.70. The van der Waals surface area contributed by atoms with Gasteiger partial charge in [0.2, 0.25) is 0 Å². The number of rotatable bonds is 3. The van der Waals surface area contributed by atoms with Crippen molar-refractivity contribution in [3.05, 3.63) is 35.1 Å². The van der Waals surface area contributed by atoms with Gasteiger partial charge in [-0.05, 0) is 32.0 Å². The van der Waals surface area contributed by atoms with Crippen LogP contribution in [0.2, 0.25) is 0 Å². The smallest absolute Gasteiger partial charge is 0.163 e. The van der Waals surface area contributed by atoms with Crippen LogP contribution in [0.3, 0.4) is 0 Å². The molecule has 0 unspecified atom stereocenters. The van der Waals surface area contributed by atoms with Crippen LogP contribution in [-0.4, -0.2) is 19.6 Å². The first kappa shape index (κ1) is 11.6. The second-order valence-corrected chi connectivity index (χ2v) is 4.49.